The minimum absolute atomic E-state index is 0.0181. The zero-order valence-corrected chi connectivity index (χ0v) is 8.49. The predicted octanol–water partition coefficient (Wildman–Crippen LogP) is 1.69. The Kier molecular flexibility index (Phi) is 4.12. The van der Waals surface area contributed by atoms with Crippen LogP contribution in [0.5, 0.6) is 0 Å². The van der Waals surface area contributed by atoms with Gasteiger partial charge in [-0.05, 0) is 6.26 Å². The summed E-state index contributed by atoms with van der Waals surface area (Å²) >= 11 is 1.47. The molecule has 1 aromatic rings. The highest BCUT2D eigenvalue weighted by atomic mass is 32.2. The highest BCUT2D eigenvalue weighted by molar-refractivity contribution is 7.98. The van der Waals surface area contributed by atoms with Crippen molar-refractivity contribution in [3.63, 3.8) is 0 Å². The summed E-state index contributed by atoms with van der Waals surface area (Å²) in [5.41, 5.74) is 0.809. The van der Waals surface area contributed by atoms with Crippen LogP contribution >= 0.6 is 11.8 Å². The maximum absolute atomic E-state index is 10.2. The topological polar surface area (TPSA) is 63.1 Å². The lowest BCUT2D eigenvalue weighted by Crippen LogP contribution is -1.90. The Morgan fingerprint density at radius 3 is 2.71 bits per heavy atom. The summed E-state index contributed by atoms with van der Waals surface area (Å²) in [5.74, 6) is -0.845. The Labute approximate surface area is 86.1 Å². The van der Waals surface area contributed by atoms with Crippen molar-refractivity contribution < 1.29 is 9.90 Å². The smallest absolute Gasteiger partial charge is 0.307 e. The van der Waals surface area contributed by atoms with E-state index >= 15 is 0 Å². The molecule has 0 aromatic carbocycles. The number of aliphatic carboxylic acids is 1. The molecule has 0 amide bonds. The minimum Gasteiger partial charge on any atom is -0.481 e. The molecule has 0 bridgehead atoms. The van der Waals surface area contributed by atoms with E-state index in [2.05, 4.69) is 9.97 Å². The molecule has 74 valence electrons. The summed E-state index contributed by atoms with van der Waals surface area (Å²) < 4.78 is 0. The molecule has 0 aliphatic rings. The molecule has 14 heavy (non-hydrogen) atoms. The van der Waals surface area contributed by atoms with Crippen LogP contribution in [0.2, 0.25) is 0 Å². The SMILES string of the molecule is CSc1ncc(C=CCC(=O)O)cn1. The second-order valence-corrected chi connectivity index (χ2v) is 3.28. The standard InChI is InChI=1S/C9H10N2O2S/c1-14-9-10-5-7(6-11-9)3-2-4-8(12)13/h2-3,5-6H,4H2,1H3,(H,12,13). The van der Waals surface area contributed by atoms with Gasteiger partial charge < -0.3 is 5.11 Å². The zero-order valence-electron chi connectivity index (χ0n) is 7.67. The second-order valence-electron chi connectivity index (χ2n) is 2.50. The van der Waals surface area contributed by atoms with Crippen LogP contribution in [0.4, 0.5) is 0 Å². The Morgan fingerprint density at radius 2 is 2.21 bits per heavy atom. The van der Waals surface area contributed by atoms with E-state index in [4.69, 9.17) is 5.11 Å². The fourth-order valence-corrected chi connectivity index (χ4v) is 1.13. The van der Waals surface area contributed by atoms with E-state index in [1.54, 1.807) is 24.5 Å². The van der Waals surface area contributed by atoms with Crippen LogP contribution in [0.3, 0.4) is 0 Å². The number of hydrogen-bond donors (Lipinski definition) is 1. The van der Waals surface area contributed by atoms with Crippen LogP contribution in [0, 0.1) is 0 Å². The van der Waals surface area contributed by atoms with Gasteiger partial charge in [-0.25, -0.2) is 9.97 Å². The number of hydrogen-bond acceptors (Lipinski definition) is 4. The molecule has 0 saturated heterocycles. The average Bonchev–Trinajstić information content (AvgIpc) is 2.18. The van der Waals surface area contributed by atoms with Crippen molar-refractivity contribution in [2.45, 2.75) is 11.6 Å². The third-order valence-electron chi connectivity index (χ3n) is 1.43. The van der Waals surface area contributed by atoms with Gasteiger partial charge in [-0.2, -0.15) is 0 Å². The Hall–Kier alpha value is -1.36. The van der Waals surface area contributed by atoms with Crippen molar-refractivity contribution in [1.82, 2.24) is 9.97 Å². The van der Waals surface area contributed by atoms with Crippen molar-refractivity contribution in [3.05, 3.63) is 24.0 Å². The first-order valence-corrected chi connectivity index (χ1v) is 5.19. The number of carbonyl (C=O) groups is 1. The molecule has 0 saturated carbocycles. The molecule has 0 unspecified atom stereocenters. The van der Waals surface area contributed by atoms with Crippen molar-refractivity contribution in [1.29, 1.82) is 0 Å². The summed E-state index contributed by atoms with van der Waals surface area (Å²) in [6.07, 6.45) is 8.51. The number of thioether (sulfide) groups is 1. The maximum atomic E-state index is 10.2. The fraction of sp³-hybridized carbons (Fsp3) is 0.222. The summed E-state index contributed by atoms with van der Waals surface area (Å²) in [6.45, 7) is 0. The summed E-state index contributed by atoms with van der Waals surface area (Å²) in [7, 11) is 0. The van der Waals surface area contributed by atoms with E-state index in [9.17, 15) is 4.79 Å². The quantitative estimate of drug-likeness (QED) is 0.605. The lowest BCUT2D eigenvalue weighted by atomic mass is 10.3. The van der Waals surface area contributed by atoms with Gasteiger partial charge in [0.25, 0.3) is 0 Å². The number of nitrogens with zero attached hydrogens (tertiary/aromatic N) is 2. The second kappa shape index (κ2) is 5.39. The molecule has 0 radical (unpaired) electrons. The monoisotopic (exact) mass is 210 g/mol. The molecule has 0 aliphatic heterocycles. The first-order valence-electron chi connectivity index (χ1n) is 3.96. The maximum Gasteiger partial charge on any atom is 0.307 e. The lowest BCUT2D eigenvalue weighted by molar-refractivity contribution is -0.135. The van der Waals surface area contributed by atoms with Gasteiger partial charge in [-0.15, -0.1) is 0 Å². The van der Waals surface area contributed by atoms with Crippen LogP contribution in [-0.4, -0.2) is 27.3 Å². The molecule has 0 aliphatic carbocycles. The van der Waals surface area contributed by atoms with Gasteiger partial charge in [0, 0.05) is 18.0 Å². The van der Waals surface area contributed by atoms with Crippen LogP contribution in [-0.2, 0) is 4.79 Å². The van der Waals surface area contributed by atoms with E-state index in [1.165, 1.54) is 11.8 Å². The number of aromatic nitrogens is 2. The van der Waals surface area contributed by atoms with Crippen molar-refractivity contribution in [3.8, 4) is 0 Å². The number of carboxylic acids is 1. The van der Waals surface area contributed by atoms with Crippen LogP contribution in [0.15, 0.2) is 23.6 Å². The van der Waals surface area contributed by atoms with Gasteiger partial charge in [0.15, 0.2) is 5.16 Å². The van der Waals surface area contributed by atoms with Crippen LogP contribution in [0.25, 0.3) is 6.08 Å². The third kappa shape index (κ3) is 3.57. The van der Waals surface area contributed by atoms with Crippen molar-refractivity contribution in [2.24, 2.45) is 0 Å². The van der Waals surface area contributed by atoms with Gasteiger partial charge in [0.05, 0.1) is 6.42 Å². The van der Waals surface area contributed by atoms with Crippen molar-refractivity contribution in [2.75, 3.05) is 6.26 Å². The lowest BCUT2D eigenvalue weighted by Gasteiger charge is -1.94. The number of carboxylic acid groups (broad SMARTS) is 1. The largest absolute Gasteiger partial charge is 0.481 e. The van der Waals surface area contributed by atoms with Crippen molar-refractivity contribution >= 4 is 23.8 Å². The van der Waals surface area contributed by atoms with E-state index in [1.807, 2.05) is 6.26 Å². The zero-order chi connectivity index (χ0) is 10.4. The Bertz CT molecular complexity index is 335. The van der Waals surface area contributed by atoms with Gasteiger partial charge in [0.2, 0.25) is 0 Å². The van der Waals surface area contributed by atoms with Gasteiger partial charge in [-0.3, -0.25) is 4.79 Å². The normalized spacial score (nSPS) is 10.6. The average molecular weight is 210 g/mol. The van der Waals surface area contributed by atoms with Gasteiger partial charge in [0.1, 0.15) is 0 Å². The van der Waals surface area contributed by atoms with Crippen LogP contribution < -0.4 is 0 Å². The van der Waals surface area contributed by atoms with Crippen LogP contribution in [0.1, 0.15) is 12.0 Å². The molecule has 1 heterocycles. The first kappa shape index (κ1) is 10.7. The van der Waals surface area contributed by atoms with Gasteiger partial charge >= 0.3 is 5.97 Å². The third-order valence-corrected chi connectivity index (χ3v) is 2.01. The summed E-state index contributed by atoms with van der Waals surface area (Å²) in [5, 5.41) is 9.10. The molecule has 1 N–H and O–H groups in total. The minimum atomic E-state index is -0.845. The highest BCUT2D eigenvalue weighted by Crippen LogP contribution is 2.07. The molecule has 0 spiro atoms. The molecular weight excluding hydrogens is 200 g/mol. The number of rotatable bonds is 4. The van der Waals surface area contributed by atoms with E-state index in [0.29, 0.717) is 5.16 Å². The fourth-order valence-electron chi connectivity index (χ4n) is 0.813. The molecule has 0 fully saturated rings. The molecule has 5 heteroatoms. The molecule has 4 nitrogen and oxygen atoms in total. The Balaban J connectivity index is 2.59. The highest BCUT2D eigenvalue weighted by Gasteiger charge is 1.93. The first-order chi connectivity index (χ1) is 6.72. The van der Waals surface area contributed by atoms with Gasteiger partial charge in [-0.1, -0.05) is 23.9 Å². The van der Waals surface area contributed by atoms with E-state index in [0.717, 1.165) is 5.56 Å². The molecular formula is C9H10N2O2S. The van der Waals surface area contributed by atoms with E-state index in [-0.39, 0.29) is 6.42 Å². The van der Waals surface area contributed by atoms with E-state index < -0.39 is 5.97 Å². The Morgan fingerprint density at radius 1 is 1.57 bits per heavy atom. The molecule has 0 atom stereocenters. The summed E-state index contributed by atoms with van der Waals surface area (Å²) in [6, 6.07) is 0. The molecule has 1 rings (SSSR count). The molecule has 1 aromatic heterocycles. The predicted molar refractivity (Wildman–Crippen MR) is 55.1 cm³/mol. The summed E-state index contributed by atoms with van der Waals surface area (Å²) in [4.78, 5) is 18.3.